The summed E-state index contributed by atoms with van der Waals surface area (Å²) in [6, 6.07) is 14.3. The summed E-state index contributed by atoms with van der Waals surface area (Å²) in [4.78, 5) is 30.9. The Bertz CT molecular complexity index is 1540. The van der Waals surface area contributed by atoms with E-state index in [-0.39, 0.29) is 28.3 Å². The van der Waals surface area contributed by atoms with Crippen LogP contribution in [0.15, 0.2) is 59.8 Å². The number of allylic oxidation sites excluding steroid dienone is 1. The highest BCUT2D eigenvalue weighted by Gasteiger charge is 2.43. The van der Waals surface area contributed by atoms with E-state index in [0.717, 1.165) is 59.4 Å². The zero-order valence-electron chi connectivity index (χ0n) is 28.4. The van der Waals surface area contributed by atoms with Crippen molar-refractivity contribution in [3.8, 4) is 0 Å². The molecule has 45 heavy (non-hydrogen) atoms. The Morgan fingerprint density at radius 2 is 1.82 bits per heavy atom. The highest BCUT2D eigenvalue weighted by molar-refractivity contribution is 7.97. The molecule has 1 amide bonds. The predicted octanol–water partition coefficient (Wildman–Crippen LogP) is 8.33. The second kappa shape index (κ2) is 12.8. The van der Waals surface area contributed by atoms with Crippen LogP contribution in [0.3, 0.4) is 0 Å². The average molecular weight is 627 g/mol. The fourth-order valence-corrected chi connectivity index (χ4v) is 6.90. The van der Waals surface area contributed by atoms with Crippen LogP contribution in [0.4, 0.5) is 11.6 Å². The summed E-state index contributed by atoms with van der Waals surface area (Å²) in [7, 11) is 0. The summed E-state index contributed by atoms with van der Waals surface area (Å²) in [5, 5.41) is 4.47. The van der Waals surface area contributed by atoms with E-state index < -0.39 is 0 Å². The van der Waals surface area contributed by atoms with Gasteiger partial charge in [-0.15, -0.1) is 0 Å². The Labute approximate surface area is 274 Å². The maximum absolute atomic E-state index is 13.7. The summed E-state index contributed by atoms with van der Waals surface area (Å²) in [6.07, 6.45) is 9.13. The van der Waals surface area contributed by atoms with Gasteiger partial charge in [0.1, 0.15) is 16.7 Å². The Morgan fingerprint density at radius 1 is 1.04 bits per heavy atom. The van der Waals surface area contributed by atoms with Crippen LogP contribution in [0.2, 0.25) is 0 Å². The Kier molecular flexibility index (Phi) is 9.37. The van der Waals surface area contributed by atoms with Crippen LogP contribution in [0.5, 0.6) is 0 Å². The molecule has 0 saturated carbocycles. The lowest BCUT2D eigenvalue weighted by Crippen LogP contribution is -2.40. The quantitative estimate of drug-likeness (QED) is 0.283. The van der Waals surface area contributed by atoms with Gasteiger partial charge >= 0.3 is 0 Å². The molecule has 0 radical (unpaired) electrons. The van der Waals surface area contributed by atoms with Crippen LogP contribution in [0.1, 0.15) is 102 Å². The van der Waals surface area contributed by atoms with E-state index in [4.69, 9.17) is 15.0 Å². The number of hydrogen-bond donors (Lipinski definition) is 2. The van der Waals surface area contributed by atoms with E-state index in [0.29, 0.717) is 17.4 Å². The number of anilines is 2. The molecule has 5 rings (SSSR count). The highest BCUT2D eigenvalue weighted by Crippen LogP contribution is 2.42. The maximum Gasteiger partial charge on any atom is 0.265 e. The molecule has 0 aliphatic carbocycles. The molecule has 5 heterocycles. The number of nitrogens with zero attached hydrogens (tertiary/aromatic N) is 4. The minimum atomic E-state index is -0.157. The van der Waals surface area contributed by atoms with Gasteiger partial charge in [-0.05, 0) is 79.8 Å². The minimum absolute atomic E-state index is 0.128. The van der Waals surface area contributed by atoms with E-state index in [1.807, 2.05) is 36.5 Å². The second-order valence-corrected chi connectivity index (χ2v) is 16.5. The number of pyridine rings is 3. The lowest BCUT2D eigenvalue weighted by atomic mass is 9.83. The van der Waals surface area contributed by atoms with Crippen molar-refractivity contribution in [2.24, 2.45) is 17.3 Å². The van der Waals surface area contributed by atoms with E-state index in [2.05, 4.69) is 102 Å². The molecule has 3 aromatic rings. The number of carbonyl (C=O) groups is 1. The Hall–Kier alpha value is -3.39. The van der Waals surface area contributed by atoms with Crippen molar-refractivity contribution >= 4 is 35.6 Å². The number of amides is 1. The molecule has 2 aliphatic rings. The standard InChI is InChI=1S/C37H50N6OS/c1-24-19-28(20-27-14-13-25(22-38-27)17-18-35(2,3)4)39-31-11-10-12-32(41-31)45-42-34(44)29-15-16-30(36(5,6)7)40-33(29)43-23-26(24)21-37(43,8)9/h10-18,22,24,26,28H,19-21,23H2,1-9H3,(H,39,41)(H,42,44)/b18-17+. The van der Waals surface area contributed by atoms with Gasteiger partial charge in [0.15, 0.2) is 0 Å². The normalized spacial score (nSPS) is 22.3. The van der Waals surface area contributed by atoms with Crippen LogP contribution >= 0.6 is 11.9 Å². The molecule has 0 spiro atoms. The van der Waals surface area contributed by atoms with Gasteiger partial charge < -0.3 is 10.2 Å². The molecule has 240 valence electrons. The van der Waals surface area contributed by atoms with Gasteiger partial charge in [-0.1, -0.05) is 72.8 Å². The van der Waals surface area contributed by atoms with Crippen molar-refractivity contribution in [3.05, 3.63) is 77.3 Å². The van der Waals surface area contributed by atoms with Crippen LogP contribution in [0, 0.1) is 17.3 Å². The lowest BCUT2D eigenvalue weighted by Gasteiger charge is -2.34. The van der Waals surface area contributed by atoms with Crippen molar-refractivity contribution in [2.45, 2.75) is 104 Å². The first-order valence-corrected chi connectivity index (χ1v) is 17.0. The van der Waals surface area contributed by atoms with Gasteiger partial charge in [-0.2, -0.15) is 0 Å². The molecule has 3 unspecified atom stereocenters. The van der Waals surface area contributed by atoms with Gasteiger partial charge in [-0.3, -0.25) is 14.5 Å². The number of aromatic nitrogens is 3. The molecule has 2 N–H and O–H groups in total. The summed E-state index contributed by atoms with van der Waals surface area (Å²) in [6.45, 7) is 20.9. The average Bonchev–Trinajstić information content (AvgIpc) is 3.29. The van der Waals surface area contributed by atoms with Crippen molar-refractivity contribution in [3.63, 3.8) is 0 Å². The minimum Gasteiger partial charge on any atom is -0.367 e. The van der Waals surface area contributed by atoms with Gasteiger partial charge in [0.05, 0.1) is 5.56 Å². The lowest BCUT2D eigenvalue weighted by molar-refractivity contribution is 0.0984. The van der Waals surface area contributed by atoms with Gasteiger partial charge in [-0.25, -0.2) is 9.97 Å². The van der Waals surface area contributed by atoms with Crippen molar-refractivity contribution in [2.75, 3.05) is 16.8 Å². The van der Waals surface area contributed by atoms with Crippen LogP contribution in [-0.4, -0.2) is 39.0 Å². The van der Waals surface area contributed by atoms with E-state index in [1.54, 1.807) is 0 Å². The molecular formula is C37H50N6OS. The number of rotatable bonds is 3. The third-order valence-corrected chi connectivity index (χ3v) is 9.64. The number of nitrogens with one attached hydrogen (secondary N) is 2. The summed E-state index contributed by atoms with van der Waals surface area (Å²) >= 11 is 1.24. The SMILES string of the molecule is CC1CC(Cc2ccc(/C=C/C(C)(C)C)cn2)Nc2cccc(n2)SNC(=O)c2ccc(C(C)(C)C)nc2N2CC1CC2(C)C. The van der Waals surface area contributed by atoms with Crippen LogP contribution < -0.4 is 14.9 Å². The number of hydrogen-bond acceptors (Lipinski definition) is 7. The number of fused-ring (bicyclic) bond motifs is 6. The molecule has 0 aromatic carbocycles. The van der Waals surface area contributed by atoms with E-state index in [1.165, 1.54) is 11.9 Å². The van der Waals surface area contributed by atoms with Crippen molar-refractivity contribution < 1.29 is 4.79 Å². The van der Waals surface area contributed by atoms with Gasteiger partial charge in [0.25, 0.3) is 5.91 Å². The van der Waals surface area contributed by atoms with Gasteiger partial charge in [0.2, 0.25) is 0 Å². The van der Waals surface area contributed by atoms with Crippen LogP contribution in [-0.2, 0) is 11.8 Å². The zero-order chi connectivity index (χ0) is 32.6. The molecule has 4 bridgehead atoms. The topological polar surface area (TPSA) is 83.0 Å². The van der Waals surface area contributed by atoms with Gasteiger partial charge in [0, 0.05) is 59.5 Å². The second-order valence-electron chi connectivity index (χ2n) is 15.6. The first-order chi connectivity index (χ1) is 21.1. The third-order valence-electron chi connectivity index (χ3n) is 8.92. The number of carbonyl (C=O) groups excluding carboxylic acids is 1. The first-order valence-electron chi connectivity index (χ1n) is 16.2. The first kappa shape index (κ1) is 33.0. The molecule has 2 aliphatic heterocycles. The predicted molar refractivity (Wildman–Crippen MR) is 188 cm³/mol. The van der Waals surface area contributed by atoms with Crippen LogP contribution in [0.25, 0.3) is 6.08 Å². The third kappa shape index (κ3) is 8.26. The fourth-order valence-electron chi connectivity index (χ4n) is 6.30. The Balaban J connectivity index is 1.48. The molecular weight excluding hydrogens is 577 g/mol. The smallest absolute Gasteiger partial charge is 0.265 e. The summed E-state index contributed by atoms with van der Waals surface area (Å²) in [5.41, 5.74) is 3.61. The zero-order valence-corrected chi connectivity index (χ0v) is 29.3. The molecule has 1 saturated heterocycles. The molecule has 3 atom stereocenters. The molecule has 7 nitrogen and oxygen atoms in total. The Morgan fingerprint density at radius 3 is 2.51 bits per heavy atom. The molecule has 8 heteroatoms. The van der Waals surface area contributed by atoms with E-state index in [9.17, 15) is 4.79 Å². The molecule has 3 aromatic heterocycles. The fraction of sp³-hybridized carbons (Fsp3) is 0.514. The van der Waals surface area contributed by atoms with Crippen molar-refractivity contribution in [1.82, 2.24) is 19.7 Å². The van der Waals surface area contributed by atoms with E-state index >= 15 is 0 Å². The summed E-state index contributed by atoms with van der Waals surface area (Å²) < 4.78 is 3.05. The molecule has 1 fully saturated rings. The largest absolute Gasteiger partial charge is 0.367 e. The van der Waals surface area contributed by atoms with Crippen molar-refractivity contribution in [1.29, 1.82) is 0 Å². The monoisotopic (exact) mass is 626 g/mol. The maximum atomic E-state index is 13.7. The summed E-state index contributed by atoms with van der Waals surface area (Å²) in [5.74, 6) is 2.28. The highest BCUT2D eigenvalue weighted by atomic mass is 32.2.